The number of alkyl halides is 3. The van der Waals surface area contributed by atoms with Gasteiger partial charge in [-0.1, -0.05) is 6.07 Å². The van der Waals surface area contributed by atoms with E-state index in [0.717, 1.165) is 4.90 Å². The second kappa shape index (κ2) is 5.18. The van der Waals surface area contributed by atoms with Crippen molar-refractivity contribution >= 4 is 17.1 Å². The second-order valence-electron chi connectivity index (χ2n) is 4.65. The highest BCUT2D eigenvalue weighted by atomic mass is 19.4. The highest BCUT2D eigenvalue weighted by Gasteiger charge is 2.40. The number of anilines is 2. The summed E-state index contributed by atoms with van der Waals surface area (Å²) in [6.45, 7) is -1.17. The van der Waals surface area contributed by atoms with Crippen LogP contribution in [0.15, 0.2) is 18.2 Å². The van der Waals surface area contributed by atoms with Gasteiger partial charge in [0.2, 0.25) is 0 Å². The smallest absolute Gasteiger partial charge is 0.382 e. The average molecular weight is 289 g/mol. The van der Waals surface area contributed by atoms with Gasteiger partial charge in [-0.25, -0.2) is 0 Å². The van der Waals surface area contributed by atoms with Crippen molar-refractivity contribution in [2.45, 2.75) is 25.1 Å². The molecule has 1 N–H and O–H groups in total. The number of nitro benzene ring substituents is 1. The number of nitrogens with one attached hydrogen (secondary N) is 1. The summed E-state index contributed by atoms with van der Waals surface area (Å²) >= 11 is 0. The molecule has 1 aliphatic carbocycles. The largest absolute Gasteiger partial charge is 0.405 e. The third kappa shape index (κ3) is 3.12. The summed E-state index contributed by atoms with van der Waals surface area (Å²) in [5, 5.41) is 13.8. The molecule has 0 heterocycles. The number of nitro groups is 1. The highest BCUT2D eigenvalue weighted by molar-refractivity contribution is 5.77. The molecular weight excluding hydrogens is 275 g/mol. The van der Waals surface area contributed by atoms with E-state index in [0.29, 0.717) is 12.8 Å². The summed E-state index contributed by atoms with van der Waals surface area (Å²) in [7, 11) is 1.50. The molecular formula is C12H14F3N3O2. The maximum atomic E-state index is 12.7. The molecule has 1 aromatic carbocycles. The van der Waals surface area contributed by atoms with Gasteiger partial charge in [0.15, 0.2) is 0 Å². The van der Waals surface area contributed by atoms with Crippen LogP contribution < -0.4 is 10.2 Å². The van der Waals surface area contributed by atoms with Gasteiger partial charge in [0.05, 0.1) is 4.92 Å². The summed E-state index contributed by atoms with van der Waals surface area (Å²) < 4.78 is 38.0. The minimum Gasteiger partial charge on any atom is -0.382 e. The van der Waals surface area contributed by atoms with Crippen molar-refractivity contribution in [3.05, 3.63) is 28.3 Å². The van der Waals surface area contributed by atoms with Crippen LogP contribution >= 0.6 is 0 Å². The molecule has 5 nitrogen and oxygen atoms in total. The molecule has 0 bridgehead atoms. The fourth-order valence-corrected chi connectivity index (χ4v) is 2.15. The average Bonchev–Trinajstić information content (AvgIpc) is 3.18. The first kappa shape index (κ1) is 14.4. The van der Waals surface area contributed by atoms with Crippen molar-refractivity contribution < 1.29 is 18.1 Å². The monoisotopic (exact) mass is 289 g/mol. The summed E-state index contributed by atoms with van der Waals surface area (Å²) in [6, 6.07) is 4.07. The first-order chi connectivity index (χ1) is 9.33. The standard InChI is InChI=1S/C12H14F3N3O2/c1-16-9-3-2-4-10(11(9)18(19)20)17(8-5-6-8)7-12(13,14)15/h2-4,8,16H,5-7H2,1H3. The molecule has 2 rings (SSSR count). The molecule has 1 saturated carbocycles. The highest BCUT2D eigenvalue weighted by Crippen LogP contribution is 2.41. The minimum absolute atomic E-state index is 0.0154. The summed E-state index contributed by atoms with van der Waals surface area (Å²) in [4.78, 5) is 11.6. The van der Waals surface area contributed by atoms with E-state index in [1.807, 2.05) is 0 Å². The van der Waals surface area contributed by atoms with Crippen LogP contribution in [-0.4, -0.2) is 30.7 Å². The molecule has 1 aromatic rings. The molecule has 0 radical (unpaired) electrons. The SMILES string of the molecule is CNc1cccc(N(CC(F)(F)F)C2CC2)c1[N+](=O)[O-]. The summed E-state index contributed by atoms with van der Waals surface area (Å²) in [5.74, 6) is 0. The fourth-order valence-electron chi connectivity index (χ4n) is 2.15. The number of hydrogen-bond acceptors (Lipinski definition) is 4. The van der Waals surface area contributed by atoms with Crippen LogP contribution in [0.1, 0.15) is 12.8 Å². The molecule has 0 spiro atoms. The van der Waals surface area contributed by atoms with E-state index < -0.39 is 17.6 Å². The number of hydrogen-bond donors (Lipinski definition) is 1. The van der Waals surface area contributed by atoms with Gasteiger partial charge in [-0.05, 0) is 25.0 Å². The van der Waals surface area contributed by atoms with Crippen molar-refractivity contribution in [1.82, 2.24) is 0 Å². The Bertz CT molecular complexity index is 515. The van der Waals surface area contributed by atoms with E-state index >= 15 is 0 Å². The molecule has 20 heavy (non-hydrogen) atoms. The summed E-state index contributed by atoms with van der Waals surface area (Å²) in [6.07, 6.45) is -3.15. The fraction of sp³-hybridized carbons (Fsp3) is 0.500. The van der Waals surface area contributed by atoms with Crippen LogP contribution in [0.4, 0.5) is 30.2 Å². The topological polar surface area (TPSA) is 58.4 Å². The number of benzene rings is 1. The maximum Gasteiger partial charge on any atom is 0.405 e. The Balaban J connectivity index is 2.45. The number of halogens is 3. The third-order valence-electron chi connectivity index (χ3n) is 3.11. The van der Waals surface area contributed by atoms with Gasteiger partial charge in [-0.15, -0.1) is 0 Å². The Morgan fingerprint density at radius 3 is 2.55 bits per heavy atom. The lowest BCUT2D eigenvalue weighted by Gasteiger charge is -2.26. The van der Waals surface area contributed by atoms with Crippen molar-refractivity contribution in [2.24, 2.45) is 0 Å². The zero-order chi connectivity index (χ0) is 14.9. The van der Waals surface area contributed by atoms with E-state index in [4.69, 9.17) is 0 Å². The van der Waals surface area contributed by atoms with Crippen LogP contribution in [0.2, 0.25) is 0 Å². The molecule has 1 aliphatic rings. The molecule has 0 amide bonds. The molecule has 1 fully saturated rings. The van der Waals surface area contributed by atoms with Crippen LogP contribution in [0.3, 0.4) is 0 Å². The van der Waals surface area contributed by atoms with Gasteiger partial charge in [0.25, 0.3) is 0 Å². The van der Waals surface area contributed by atoms with Crippen molar-refractivity contribution in [3.63, 3.8) is 0 Å². The Hall–Kier alpha value is -1.99. The molecule has 0 unspecified atom stereocenters. The second-order valence-corrected chi connectivity index (χ2v) is 4.65. The van der Waals surface area contributed by atoms with Crippen LogP contribution in [0, 0.1) is 10.1 Å². The molecule has 0 atom stereocenters. The molecule has 0 aliphatic heterocycles. The van der Waals surface area contributed by atoms with Crippen molar-refractivity contribution in [1.29, 1.82) is 0 Å². The lowest BCUT2D eigenvalue weighted by Crippen LogP contribution is -2.36. The quantitative estimate of drug-likeness (QED) is 0.668. The van der Waals surface area contributed by atoms with Gasteiger partial charge in [-0.3, -0.25) is 10.1 Å². The number of rotatable bonds is 5. The van der Waals surface area contributed by atoms with E-state index in [9.17, 15) is 23.3 Å². The minimum atomic E-state index is -4.40. The molecule has 0 saturated heterocycles. The molecule has 8 heteroatoms. The van der Waals surface area contributed by atoms with E-state index in [1.165, 1.54) is 25.2 Å². The summed E-state index contributed by atoms with van der Waals surface area (Å²) in [5.41, 5.74) is -0.0897. The van der Waals surface area contributed by atoms with E-state index in [2.05, 4.69) is 5.32 Å². The third-order valence-corrected chi connectivity index (χ3v) is 3.11. The molecule has 0 aromatic heterocycles. The van der Waals surface area contributed by atoms with Crippen LogP contribution in [-0.2, 0) is 0 Å². The van der Waals surface area contributed by atoms with E-state index in [-0.39, 0.29) is 23.1 Å². The Labute approximate surface area is 113 Å². The normalized spacial score (nSPS) is 15.0. The number of nitrogens with zero attached hydrogens (tertiary/aromatic N) is 2. The van der Waals surface area contributed by atoms with Crippen molar-refractivity contribution in [3.8, 4) is 0 Å². The lowest BCUT2D eigenvalue weighted by molar-refractivity contribution is -0.383. The Morgan fingerprint density at radius 2 is 2.10 bits per heavy atom. The Kier molecular flexibility index (Phi) is 3.74. The maximum absolute atomic E-state index is 12.7. The lowest BCUT2D eigenvalue weighted by atomic mass is 10.2. The first-order valence-electron chi connectivity index (χ1n) is 6.12. The Morgan fingerprint density at radius 1 is 1.45 bits per heavy atom. The zero-order valence-corrected chi connectivity index (χ0v) is 10.8. The van der Waals surface area contributed by atoms with Gasteiger partial charge in [0.1, 0.15) is 17.9 Å². The predicted molar refractivity (Wildman–Crippen MR) is 69.1 cm³/mol. The van der Waals surface area contributed by atoms with Crippen LogP contribution in [0.5, 0.6) is 0 Å². The van der Waals surface area contributed by atoms with Gasteiger partial charge in [0, 0.05) is 13.1 Å². The predicted octanol–water partition coefficient (Wildman–Crippen LogP) is 3.17. The van der Waals surface area contributed by atoms with Gasteiger partial charge < -0.3 is 10.2 Å². The van der Waals surface area contributed by atoms with Crippen LogP contribution in [0.25, 0.3) is 0 Å². The first-order valence-corrected chi connectivity index (χ1v) is 6.12. The zero-order valence-electron chi connectivity index (χ0n) is 10.8. The van der Waals surface area contributed by atoms with E-state index in [1.54, 1.807) is 0 Å². The number of para-hydroxylation sites is 1. The van der Waals surface area contributed by atoms with Gasteiger partial charge in [-0.2, -0.15) is 13.2 Å². The van der Waals surface area contributed by atoms with Crippen molar-refractivity contribution in [2.75, 3.05) is 23.8 Å². The van der Waals surface area contributed by atoms with Gasteiger partial charge >= 0.3 is 11.9 Å². The molecule has 110 valence electrons.